The Bertz CT molecular complexity index is 800. The molecule has 1 heterocycles. The number of nitrogens with zero attached hydrogens (tertiary/aromatic N) is 1. The molecule has 0 spiro atoms. The van der Waals surface area contributed by atoms with Gasteiger partial charge in [-0.1, -0.05) is 23.4 Å². The van der Waals surface area contributed by atoms with Crippen molar-refractivity contribution in [2.24, 2.45) is 0 Å². The minimum absolute atomic E-state index is 0.0518. The van der Waals surface area contributed by atoms with Gasteiger partial charge in [0.1, 0.15) is 17.3 Å². The van der Waals surface area contributed by atoms with E-state index in [1.807, 2.05) is 0 Å². The zero-order valence-corrected chi connectivity index (χ0v) is 12.2. The Morgan fingerprint density at radius 3 is 2.48 bits per heavy atom. The fraction of sp³-hybridized carbons (Fsp3) is 0. The molecule has 0 amide bonds. The number of benzene rings is 2. The second-order valence-corrected chi connectivity index (χ2v) is 5.23. The molecule has 0 unspecified atom stereocenters. The van der Waals surface area contributed by atoms with Gasteiger partial charge in [0.2, 0.25) is 5.88 Å². The van der Waals surface area contributed by atoms with Crippen LogP contribution in [0.5, 0.6) is 0 Å². The summed E-state index contributed by atoms with van der Waals surface area (Å²) in [5, 5.41) is 3.83. The second-order valence-electron chi connectivity index (χ2n) is 4.38. The second kappa shape index (κ2) is 5.29. The molecular formula is C15H9BrF2N2O. The summed E-state index contributed by atoms with van der Waals surface area (Å²) >= 11 is 3.13. The maximum absolute atomic E-state index is 14.2. The Morgan fingerprint density at radius 1 is 1.05 bits per heavy atom. The number of hydrogen-bond acceptors (Lipinski definition) is 3. The summed E-state index contributed by atoms with van der Waals surface area (Å²) in [6, 6.07) is 10.5. The normalized spacial score (nSPS) is 10.8. The maximum Gasteiger partial charge on any atom is 0.230 e. The Labute approximate surface area is 127 Å². The lowest BCUT2D eigenvalue weighted by Crippen LogP contribution is -1.91. The van der Waals surface area contributed by atoms with E-state index in [0.29, 0.717) is 15.6 Å². The Morgan fingerprint density at radius 2 is 1.76 bits per heavy atom. The van der Waals surface area contributed by atoms with Gasteiger partial charge in [0.25, 0.3) is 0 Å². The summed E-state index contributed by atoms with van der Waals surface area (Å²) in [5.74, 6) is -0.783. The predicted molar refractivity (Wildman–Crippen MR) is 79.4 cm³/mol. The first kappa shape index (κ1) is 13.8. The highest BCUT2D eigenvalue weighted by Crippen LogP contribution is 2.38. The third-order valence-electron chi connectivity index (χ3n) is 3.06. The SMILES string of the molecule is Nc1onc(-c2cccc(Br)c2F)c1-c1ccc(F)cc1. The lowest BCUT2D eigenvalue weighted by atomic mass is 10.0. The van der Waals surface area contributed by atoms with Crippen molar-refractivity contribution in [2.75, 3.05) is 5.73 Å². The molecule has 2 N–H and O–H groups in total. The molecule has 0 aliphatic carbocycles. The van der Waals surface area contributed by atoms with Crippen LogP contribution in [0.25, 0.3) is 22.4 Å². The summed E-state index contributed by atoms with van der Waals surface area (Å²) in [7, 11) is 0. The molecule has 0 atom stereocenters. The Balaban J connectivity index is 2.22. The molecule has 3 rings (SSSR count). The van der Waals surface area contributed by atoms with E-state index in [9.17, 15) is 8.78 Å². The molecule has 0 aliphatic rings. The van der Waals surface area contributed by atoms with E-state index < -0.39 is 5.82 Å². The zero-order chi connectivity index (χ0) is 15.0. The van der Waals surface area contributed by atoms with Gasteiger partial charge in [0.15, 0.2) is 0 Å². The highest BCUT2D eigenvalue weighted by atomic mass is 79.9. The van der Waals surface area contributed by atoms with Crippen LogP contribution in [-0.4, -0.2) is 5.16 Å². The number of rotatable bonds is 2. The van der Waals surface area contributed by atoms with E-state index in [1.165, 1.54) is 24.3 Å². The molecule has 0 fully saturated rings. The van der Waals surface area contributed by atoms with Crippen LogP contribution in [0.3, 0.4) is 0 Å². The highest BCUT2D eigenvalue weighted by molar-refractivity contribution is 9.10. The van der Waals surface area contributed by atoms with Gasteiger partial charge >= 0.3 is 0 Å². The van der Waals surface area contributed by atoms with Crippen molar-refractivity contribution < 1.29 is 13.3 Å². The Hall–Kier alpha value is -2.21. The first-order chi connectivity index (χ1) is 10.1. The van der Waals surface area contributed by atoms with Gasteiger partial charge < -0.3 is 10.3 Å². The molecule has 106 valence electrons. The topological polar surface area (TPSA) is 52.0 Å². The highest BCUT2D eigenvalue weighted by Gasteiger charge is 2.20. The summed E-state index contributed by atoms with van der Waals surface area (Å²) < 4.78 is 32.6. The van der Waals surface area contributed by atoms with Crippen molar-refractivity contribution in [1.29, 1.82) is 0 Å². The van der Waals surface area contributed by atoms with Gasteiger partial charge in [-0.05, 0) is 45.8 Å². The number of anilines is 1. The number of aromatic nitrogens is 1. The fourth-order valence-electron chi connectivity index (χ4n) is 2.07. The van der Waals surface area contributed by atoms with Crippen LogP contribution in [0.2, 0.25) is 0 Å². The first-order valence-corrected chi connectivity index (χ1v) is 6.82. The molecule has 6 heteroatoms. The molecular weight excluding hydrogens is 342 g/mol. The van der Waals surface area contributed by atoms with E-state index in [4.69, 9.17) is 10.3 Å². The van der Waals surface area contributed by atoms with E-state index in [0.717, 1.165) is 0 Å². The lowest BCUT2D eigenvalue weighted by Gasteiger charge is -2.05. The van der Waals surface area contributed by atoms with E-state index >= 15 is 0 Å². The van der Waals surface area contributed by atoms with Crippen molar-refractivity contribution in [3.8, 4) is 22.4 Å². The van der Waals surface area contributed by atoms with Gasteiger partial charge in [-0.2, -0.15) is 0 Å². The summed E-state index contributed by atoms with van der Waals surface area (Å²) in [6.45, 7) is 0. The third-order valence-corrected chi connectivity index (χ3v) is 3.67. The van der Waals surface area contributed by atoms with Crippen LogP contribution in [0.4, 0.5) is 14.7 Å². The van der Waals surface area contributed by atoms with Crippen molar-refractivity contribution in [1.82, 2.24) is 5.16 Å². The molecule has 21 heavy (non-hydrogen) atoms. The average molecular weight is 351 g/mol. The van der Waals surface area contributed by atoms with Crippen LogP contribution in [0, 0.1) is 11.6 Å². The van der Waals surface area contributed by atoms with E-state index in [1.54, 1.807) is 18.2 Å². The maximum atomic E-state index is 14.2. The number of nitrogen functional groups attached to an aromatic ring is 1. The minimum Gasteiger partial charge on any atom is -0.367 e. The number of halogens is 3. The molecule has 1 aromatic heterocycles. The third kappa shape index (κ3) is 2.42. The van der Waals surface area contributed by atoms with Crippen LogP contribution in [-0.2, 0) is 0 Å². The molecule has 0 saturated carbocycles. The summed E-state index contributed by atoms with van der Waals surface area (Å²) in [4.78, 5) is 0. The standard InChI is InChI=1S/C15H9BrF2N2O/c16-11-3-1-2-10(13(11)18)14-12(15(19)21-20-14)8-4-6-9(17)7-5-8/h1-7H,19H2. The van der Waals surface area contributed by atoms with E-state index in [2.05, 4.69) is 21.1 Å². The molecule has 0 bridgehead atoms. The molecule has 3 nitrogen and oxygen atoms in total. The summed E-state index contributed by atoms with van der Waals surface area (Å²) in [5.41, 5.74) is 7.35. The van der Waals surface area contributed by atoms with Crippen molar-refractivity contribution in [2.45, 2.75) is 0 Å². The van der Waals surface area contributed by atoms with Gasteiger partial charge in [0.05, 0.1) is 10.0 Å². The molecule has 2 aromatic carbocycles. The van der Waals surface area contributed by atoms with Crippen LogP contribution < -0.4 is 5.73 Å². The molecule has 0 saturated heterocycles. The average Bonchev–Trinajstić information content (AvgIpc) is 2.85. The Kier molecular flexibility index (Phi) is 3.47. The minimum atomic E-state index is -0.464. The largest absolute Gasteiger partial charge is 0.367 e. The van der Waals surface area contributed by atoms with Gasteiger partial charge in [-0.3, -0.25) is 0 Å². The number of nitrogens with two attached hydrogens (primary N) is 1. The van der Waals surface area contributed by atoms with Crippen molar-refractivity contribution >= 4 is 21.8 Å². The first-order valence-electron chi connectivity index (χ1n) is 6.03. The molecule has 0 aliphatic heterocycles. The van der Waals surface area contributed by atoms with Crippen molar-refractivity contribution in [3.05, 3.63) is 58.6 Å². The predicted octanol–water partition coefficient (Wildman–Crippen LogP) is 4.63. The number of hydrogen-bond donors (Lipinski definition) is 1. The van der Waals surface area contributed by atoms with Crippen LogP contribution >= 0.6 is 15.9 Å². The monoisotopic (exact) mass is 350 g/mol. The van der Waals surface area contributed by atoms with E-state index in [-0.39, 0.29) is 23.0 Å². The summed E-state index contributed by atoms with van der Waals surface area (Å²) in [6.07, 6.45) is 0. The lowest BCUT2D eigenvalue weighted by molar-refractivity contribution is 0.439. The smallest absolute Gasteiger partial charge is 0.230 e. The molecule has 0 radical (unpaired) electrons. The quantitative estimate of drug-likeness (QED) is 0.732. The zero-order valence-electron chi connectivity index (χ0n) is 10.6. The van der Waals surface area contributed by atoms with Gasteiger partial charge in [0, 0.05) is 5.56 Å². The van der Waals surface area contributed by atoms with Gasteiger partial charge in [-0.25, -0.2) is 8.78 Å². The van der Waals surface area contributed by atoms with Gasteiger partial charge in [-0.15, -0.1) is 0 Å². The fourth-order valence-corrected chi connectivity index (χ4v) is 2.44. The van der Waals surface area contributed by atoms with Crippen molar-refractivity contribution in [3.63, 3.8) is 0 Å². The van der Waals surface area contributed by atoms with Crippen LogP contribution in [0.1, 0.15) is 0 Å². The van der Waals surface area contributed by atoms with Crippen LogP contribution in [0.15, 0.2) is 51.5 Å². The molecule has 3 aromatic rings.